The Morgan fingerprint density at radius 1 is 1.23 bits per heavy atom. The van der Waals surface area contributed by atoms with E-state index >= 15 is 0 Å². The molecule has 2 bridgehead atoms. The summed E-state index contributed by atoms with van der Waals surface area (Å²) in [6.45, 7) is 0.448. The summed E-state index contributed by atoms with van der Waals surface area (Å²) in [7, 11) is -3.27. The SMILES string of the molecule is CS(=O)(=O)N1CCc2cc(C(=O)NC3C4CCCC3CC(N)C4)ccc21. The average molecular weight is 378 g/mol. The van der Waals surface area contributed by atoms with Gasteiger partial charge in [-0.1, -0.05) is 6.42 Å². The van der Waals surface area contributed by atoms with Crippen LogP contribution in [0, 0.1) is 11.8 Å². The number of fused-ring (bicyclic) bond motifs is 3. The highest BCUT2D eigenvalue weighted by Gasteiger charge is 2.40. The molecule has 3 aliphatic rings. The zero-order valence-electron chi connectivity index (χ0n) is 15.1. The summed E-state index contributed by atoms with van der Waals surface area (Å²) in [6.07, 6.45) is 7.37. The predicted molar refractivity (Wildman–Crippen MR) is 102 cm³/mol. The van der Waals surface area contributed by atoms with Gasteiger partial charge in [-0.3, -0.25) is 9.10 Å². The molecule has 1 aliphatic heterocycles. The highest BCUT2D eigenvalue weighted by molar-refractivity contribution is 7.92. The fraction of sp³-hybridized carbons (Fsp3) is 0.632. The van der Waals surface area contributed by atoms with Crippen molar-refractivity contribution in [2.75, 3.05) is 17.1 Å². The number of rotatable bonds is 3. The third-order valence-electron chi connectivity index (χ3n) is 6.27. The van der Waals surface area contributed by atoms with E-state index in [0.717, 1.165) is 31.2 Å². The van der Waals surface area contributed by atoms with Gasteiger partial charge in [0.15, 0.2) is 0 Å². The molecule has 0 saturated heterocycles. The Morgan fingerprint density at radius 3 is 2.58 bits per heavy atom. The summed E-state index contributed by atoms with van der Waals surface area (Å²) >= 11 is 0. The predicted octanol–water partition coefficient (Wildman–Crippen LogP) is 1.64. The first-order chi connectivity index (χ1) is 12.3. The summed E-state index contributed by atoms with van der Waals surface area (Å²) < 4.78 is 25.1. The van der Waals surface area contributed by atoms with Crippen LogP contribution in [0.5, 0.6) is 0 Å². The molecule has 142 valence electrons. The Labute approximate surface area is 155 Å². The van der Waals surface area contributed by atoms with Crippen molar-refractivity contribution in [1.29, 1.82) is 0 Å². The lowest BCUT2D eigenvalue weighted by molar-refractivity contribution is 0.0756. The number of hydrogen-bond donors (Lipinski definition) is 2. The standard InChI is InChI=1S/C19H27N3O3S/c1-26(24,25)22-8-7-12-9-15(5-6-17(12)22)19(23)21-18-13-3-2-4-14(18)11-16(20)10-13/h5-6,9,13-14,16,18H,2-4,7-8,10-11,20H2,1H3,(H,21,23). The van der Waals surface area contributed by atoms with Crippen LogP contribution in [0.25, 0.3) is 0 Å². The maximum absolute atomic E-state index is 12.8. The maximum Gasteiger partial charge on any atom is 0.251 e. The van der Waals surface area contributed by atoms with E-state index in [9.17, 15) is 13.2 Å². The lowest BCUT2D eigenvalue weighted by Crippen LogP contribution is -2.53. The molecule has 2 unspecified atom stereocenters. The number of nitrogens with zero attached hydrogens (tertiary/aromatic N) is 1. The minimum Gasteiger partial charge on any atom is -0.349 e. The quantitative estimate of drug-likeness (QED) is 0.838. The van der Waals surface area contributed by atoms with Gasteiger partial charge in [0.2, 0.25) is 10.0 Å². The van der Waals surface area contributed by atoms with Crippen molar-refractivity contribution in [2.24, 2.45) is 17.6 Å². The van der Waals surface area contributed by atoms with Crippen LogP contribution in [-0.2, 0) is 16.4 Å². The van der Waals surface area contributed by atoms with Gasteiger partial charge in [0.25, 0.3) is 5.91 Å². The third-order valence-corrected chi connectivity index (χ3v) is 7.45. The van der Waals surface area contributed by atoms with Crippen LogP contribution in [0.2, 0.25) is 0 Å². The first-order valence-corrected chi connectivity index (χ1v) is 11.3. The third kappa shape index (κ3) is 3.22. The number of nitrogens with one attached hydrogen (secondary N) is 1. The Balaban J connectivity index is 1.51. The fourth-order valence-electron chi connectivity index (χ4n) is 5.12. The van der Waals surface area contributed by atoms with Crippen LogP contribution in [0.3, 0.4) is 0 Å². The molecule has 0 aromatic heterocycles. The summed E-state index contributed by atoms with van der Waals surface area (Å²) in [5.74, 6) is 0.913. The summed E-state index contributed by atoms with van der Waals surface area (Å²) in [5, 5.41) is 3.26. The second-order valence-corrected chi connectivity index (χ2v) is 10.0. The van der Waals surface area contributed by atoms with Gasteiger partial charge in [-0.25, -0.2) is 8.42 Å². The number of anilines is 1. The van der Waals surface area contributed by atoms with Crippen molar-refractivity contribution in [3.8, 4) is 0 Å². The summed E-state index contributed by atoms with van der Waals surface area (Å²) in [6, 6.07) is 5.83. The molecular formula is C19H27N3O3S. The molecule has 2 aliphatic carbocycles. The molecule has 2 saturated carbocycles. The van der Waals surface area contributed by atoms with Crippen molar-refractivity contribution < 1.29 is 13.2 Å². The molecule has 3 N–H and O–H groups in total. The number of sulfonamides is 1. The molecule has 4 rings (SSSR count). The first kappa shape index (κ1) is 17.8. The molecule has 7 heteroatoms. The first-order valence-electron chi connectivity index (χ1n) is 9.50. The van der Waals surface area contributed by atoms with Gasteiger partial charge in [-0.15, -0.1) is 0 Å². The molecule has 2 atom stereocenters. The molecular weight excluding hydrogens is 350 g/mol. The van der Waals surface area contributed by atoms with Gasteiger partial charge in [-0.2, -0.15) is 0 Å². The van der Waals surface area contributed by atoms with Crippen molar-refractivity contribution >= 4 is 21.6 Å². The Bertz CT molecular complexity index is 809. The summed E-state index contributed by atoms with van der Waals surface area (Å²) in [4.78, 5) is 12.8. The van der Waals surface area contributed by atoms with E-state index in [-0.39, 0.29) is 18.0 Å². The number of benzene rings is 1. The minimum absolute atomic E-state index is 0.0528. The Kier molecular flexibility index (Phi) is 4.47. The number of amides is 1. The van der Waals surface area contributed by atoms with Gasteiger partial charge in [-0.05, 0) is 67.7 Å². The van der Waals surface area contributed by atoms with E-state index < -0.39 is 10.0 Å². The Hall–Kier alpha value is -1.60. The average Bonchev–Trinajstić information content (AvgIpc) is 2.99. The Morgan fingerprint density at radius 2 is 1.92 bits per heavy atom. The normalized spacial score (nSPS) is 30.8. The van der Waals surface area contributed by atoms with Crippen LogP contribution < -0.4 is 15.4 Å². The topological polar surface area (TPSA) is 92.5 Å². The second-order valence-electron chi connectivity index (χ2n) is 8.11. The van der Waals surface area contributed by atoms with E-state index in [1.165, 1.54) is 17.0 Å². The van der Waals surface area contributed by atoms with Gasteiger partial charge in [0, 0.05) is 24.2 Å². The summed E-state index contributed by atoms with van der Waals surface area (Å²) in [5.41, 5.74) is 8.41. The lowest BCUT2D eigenvalue weighted by atomic mass is 9.67. The number of carbonyl (C=O) groups is 1. The largest absolute Gasteiger partial charge is 0.349 e. The zero-order valence-corrected chi connectivity index (χ0v) is 16.0. The van der Waals surface area contributed by atoms with Crippen molar-refractivity contribution in [1.82, 2.24) is 5.32 Å². The van der Waals surface area contributed by atoms with Crippen LogP contribution in [-0.4, -0.2) is 39.2 Å². The minimum atomic E-state index is -3.27. The molecule has 1 aromatic rings. The van der Waals surface area contributed by atoms with Gasteiger partial charge in [0.05, 0.1) is 11.9 Å². The number of carbonyl (C=O) groups excluding carboxylic acids is 1. The van der Waals surface area contributed by atoms with Gasteiger partial charge >= 0.3 is 0 Å². The molecule has 1 aromatic carbocycles. The van der Waals surface area contributed by atoms with Crippen LogP contribution >= 0.6 is 0 Å². The van der Waals surface area contributed by atoms with E-state index in [0.29, 0.717) is 36.1 Å². The zero-order chi connectivity index (χ0) is 18.5. The van der Waals surface area contributed by atoms with E-state index in [1.807, 2.05) is 6.07 Å². The monoisotopic (exact) mass is 377 g/mol. The number of hydrogen-bond acceptors (Lipinski definition) is 4. The van der Waals surface area contributed by atoms with Crippen LogP contribution in [0.4, 0.5) is 5.69 Å². The molecule has 1 heterocycles. The highest BCUT2D eigenvalue weighted by atomic mass is 32.2. The highest BCUT2D eigenvalue weighted by Crippen LogP contribution is 2.40. The molecule has 0 radical (unpaired) electrons. The van der Waals surface area contributed by atoms with Gasteiger partial charge in [0.1, 0.15) is 0 Å². The molecule has 2 fully saturated rings. The lowest BCUT2D eigenvalue weighted by Gasteiger charge is -2.45. The van der Waals surface area contributed by atoms with Crippen molar-refractivity contribution in [3.63, 3.8) is 0 Å². The number of nitrogens with two attached hydrogens (primary N) is 1. The molecule has 26 heavy (non-hydrogen) atoms. The second kappa shape index (κ2) is 6.53. The van der Waals surface area contributed by atoms with E-state index in [4.69, 9.17) is 5.73 Å². The van der Waals surface area contributed by atoms with Crippen molar-refractivity contribution in [3.05, 3.63) is 29.3 Å². The fourth-order valence-corrected chi connectivity index (χ4v) is 6.08. The van der Waals surface area contributed by atoms with E-state index in [2.05, 4.69) is 5.32 Å². The van der Waals surface area contributed by atoms with E-state index in [1.54, 1.807) is 12.1 Å². The molecule has 6 nitrogen and oxygen atoms in total. The van der Waals surface area contributed by atoms with Crippen molar-refractivity contribution in [2.45, 2.75) is 50.6 Å². The van der Waals surface area contributed by atoms with Crippen LogP contribution in [0.1, 0.15) is 48.0 Å². The molecule has 1 amide bonds. The maximum atomic E-state index is 12.8. The smallest absolute Gasteiger partial charge is 0.251 e. The molecule has 0 spiro atoms. The van der Waals surface area contributed by atoms with Crippen LogP contribution in [0.15, 0.2) is 18.2 Å². The van der Waals surface area contributed by atoms with Gasteiger partial charge < -0.3 is 11.1 Å².